The van der Waals surface area contributed by atoms with Crippen molar-refractivity contribution in [1.82, 2.24) is 14.4 Å². The third-order valence-electron chi connectivity index (χ3n) is 5.80. The Labute approximate surface area is 240 Å². The highest BCUT2D eigenvalue weighted by Crippen LogP contribution is 2.31. The van der Waals surface area contributed by atoms with Crippen LogP contribution in [0, 0.1) is 10.1 Å². The highest BCUT2D eigenvalue weighted by molar-refractivity contribution is 9.11. The number of halogens is 2. The molecule has 0 fully saturated rings. The van der Waals surface area contributed by atoms with Gasteiger partial charge >= 0.3 is 5.63 Å². The van der Waals surface area contributed by atoms with Crippen molar-refractivity contribution in [2.75, 3.05) is 5.43 Å². The first-order valence-electron chi connectivity index (χ1n) is 11.3. The van der Waals surface area contributed by atoms with Gasteiger partial charge in [-0.1, -0.05) is 22.0 Å². The quantitative estimate of drug-likeness (QED) is 0.0869. The van der Waals surface area contributed by atoms with Gasteiger partial charge in [0.25, 0.3) is 5.69 Å². The monoisotopic (exact) mass is 664 g/mol. The van der Waals surface area contributed by atoms with Crippen molar-refractivity contribution in [3.63, 3.8) is 0 Å². The Hall–Kier alpha value is -4.20. The minimum Gasteiger partial charge on any atom is -0.421 e. The first-order valence-corrected chi connectivity index (χ1v) is 13.7. The first kappa shape index (κ1) is 25.1. The lowest BCUT2D eigenvalue weighted by molar-refractivity contribution is -0.384. The zero-order valence-electron chi connectivity index (χ0n) is 19.5. The van der Waals surface area contributed by atoms with Gasteiger partial charge in [0.05, 0.1) is 38.3 Å². The van der Waals surface area contributed by atoms with E-state index in [4.69, 9.17) is 4.42 Å². The molecular weight excluding hydrogens is 652 g/mol. The van der Waals surface area contributed by atoms with Gasteiger partial charge in [-0.2, -0.15) is 5.10 Å². The molecule has 6 rings (SSSR count). The van der Waals surface area contributed by atoms with Crippen LogP contribution in [0.25, 0.3) is 39.1 Å². The molecule has 4 heterocycles. The molecule has 10 nitrogen and oxygen atoms in total. The van der Waals surface area contributed by atoms with Gasteiger partial charge in [0, 0.05) is 39.1 Å². The molecule has 0 saturated heterocycles. The number of hydrogen-bond acceptors (Lipinski definition) is 9. The average molecular weight is 666 g/mol. The Morgan fingerprint density at radius 1 is 1.10 bits per heavy atom. The summed E-state index contributed by atoms with van der Waals surface area (Å²) in [7, 11) is 0. The van der Waals surface area contributed by atoms with Crippen LogP contribution in [0.1, 0.15) is 5.69 Å². The number of anilines is 1. The Morgan fingerprint density at radius 2 is 1.92 bits per heavy atom. The number of nitrogens with zero attached hydrogens (tertiary/aromatic N) is 5. The number of nitrogens with one attached hydrogen (secondary N) is 1. The zero-order chi connectivity index (χ0) is 27.1. The minimum atomic E-state index is -0.496. The number of benzene rings is 2. The Balaban J connectivity index is 1.30. The second-order valence-corrected chi connectivity index (χ2v) is 10.9. The summed E-state index contributed by atoms with van der Waals surface area (Å²) in [6, 6.07) is 17.2. The number of fused-ring (bicyclic) bond motifs is 2. The summed E-state index contributed by atoms with van der Waals surface area (Å²) in [5, 5.41) is 18.4. The predicted octanol–water partition coefficient (Wildman–Crippen LogP) is 7.11. The van der Waals surface area contributed by atoms with Crippen LogP contribution in [-0.2, 0) is 0 Å². The van der Waals surface area contributed by atoms with Crippen LogP contribution in [-0.4, -0.2) is 25.5 Å². The van der Waals surface area contributed by atoms with E-state index in [-0.39, 0.29) is 5.69 Å². The third kappa shape index (κ3) is 4.87. The first-order chi connectivity index (χ1) is 18.9. The zero-order valence-corrected chi connectivity index (χ0v) is 23.5. The molecule has 2 aromatic carbocycles. The largest absolute Gasteiger partial charge is 0.421 e. The molecule has 4 aromatic heterocycles. The molecule has 0 amide bonds. The van der Waals surface area contributed by atoms with Gasteiger partial charge in [0.15, 0.2) is 5.58 Å². The second kappa shape index (κ2) is 10.2. The molecule has 0 spiro atoms. The van der Waals surface area contributed by atoms with Crippen LogP contribution in [0.5, 0.6) is 0 Å². The summed E-state index contributed by atoms with van der Waals surface area (Å²) in [5.74, 6) is 0. The maximum Gasteiger partial charge on any atom is 0.345 e. The average Bonchev–Trinajstić information content (AvgIpc) is 3.54. The number of thiazole rings is 1. The van der Waals surface area contributed by atoms with Gasteiger partial charge in [-0.05, 0) is 58.4 Å². The standard InChI is InChI=1S/C26H14Br2N6O4S/c27-16-9-15-10-18(25(35)38-24(15)19(28)11-16)20-13-39-26(30-20)32-29-12-21-23(31-22-3-1-2-8-33(21)22)14-4-6-17(7-5-14)34(36)37/h1-13H,(H,30,32)/b29-12+. The fraction of sp³-hybridized carbons (Fsp3) is 0. The lowest BCUT2D eigenvalue weighted by atomic mass is 10.1. The lowest BCUT2D eigenvalue weighted by Gasteiger charge is -2.03. The van der Waals surface area contributed by atoms with Crippen LogP contribution in [0.2, 0.25) is 0 Å². The number of nitro benzene ring substituents is 1. The number of nitro groups is 1. The molecule has 0 saturated carbocycles. The van der Waals surface area contributed by atoms with Gasteiger partial charge in [0.1, 0.15) is 5.65 Å². The molecule has 192 valence electrons. The molecule has 0 unspecified atom stereocenters. The maximum atomic E-state index is 12.7. The molecule has 6 aromatic rings. The van der Waals surface area contributed by atoms with Gasteiger partial charge < -0.3 is 4.42 Å². The Bertz CT molecular complexity index is 1980. The molecule has 0 atom stereocenters. The van der Waals surface area contributed by atoms with Crippen molar-refractivity contribution in [3.05, 3.63) is 107 Å². The normalized spacial score (nSPS) is 11.5. The van der Waals surface area contributed by atoms with Crippen molar-refractivity contribution >= 4 is 76.8 Å². The van der Waals surface area contributed by atoms with Crippen molar-refractivity contribution in [1.29, 1.82) is 0 Å². The molecule has 0 aliphatic carbocycles. The number of aromatic nitrogens is 3. The smallest absolute Gasteiger partial charge is 0.345 e. The van der Waals surface area contributed by atoms with E-state index in [1.54, 1.807) is 29.8 Å². The predicted molar refractivity (Wildman–Crippen MR) is 157 cm³/mol. The molecule has 0 bridgehead atoms. The van der Waals surface area contributed by atoms with E-state index in [2.05, 4.69) is 52.4 Å². The minimum absolute atomic E-state index is 0.000286. The summed E-state index contributed by atoms with van der Waals surface area (Å²) in [6.45, 7) is 0. The fourth-order valence-electron chi connectivity index (χ4n) is 4.02. The maximum absolute atomic E-state index is 12.7. The number of hydrogen-bond donors (Lipinski definition) is 1. The summed E-state index contributed by atoms with van der Waals surface area (Å²) < 4.78 is 8.92. The molecule has 13 heteroatoms. The van der Waals surface area contributed by atoms with Crippen molar-refractivity contribution in [2.45, 2.75) is 0 Å². The number of hydrazone groups is 1. The van der Waals surface area contributed by atoms with Crippen molar-refractivity contribution in [3.8, 4) is 22.5 Å². The number of rotatable bonds is 6. The van der Waals surface area contributed by atoms with E-state index in [1.807, 2.05) is 40.9 Å². The molecular formula is C26H14Br2N6O4S. The molecule has 39 heavy (non-hydrogen) atoms. The van der Waals surface area contributed by atoms with E-state index in [1.165, 1.54) is 23.5 Å². The Kier molecular flexibility index (Phi) is 6.54. The fourth-order valence-corrected chi connectivity index (χ4v) is 6.02. The number of imidazole rings is 1. The van der Waals surface area contributed by atoms with Crippen molar-refractivity contribution < 1.29 is 9.34 Å². The van der Waals surface area contributed by atoms with Crippen LogP contribution >= 0.6 is 43.2 Å². The summed E-state index contributed by atoms with van der Waals surface area (Å²) in [5.41, 5.74) is 6.38. The molecule has 0 radical (unpaired) electrons. The van der Waals surface area contributed by atoms with E-state index in [9.17, 15) is 14.9 Å². The van der Waals surface area contributed by atoms with Crippen molar-refractivity contribution in [2.24, 2.45) is 5.10 Å². The summed E-state index contributed by atoms with van der Waals surface area (Å²) in [6.07, 6.45) is 3.47. The van der Waals surface area contributed by atoms with Crippen LogP contribution in [0.4, 0.5) is 10.8 Å². The number of non-ortho nitro benzene ring substituents is 1. The van der Waals surface area contributed by atoms with Gasteiger partial charge in [-0.25, -0.2) is 14.8 Å². The van der Waals surface area contributed by atoms with Gasteiger partial charge in [0.2, 0.25) is 5.13 Å². The summed E-state index contributed by atoms with van der Waals surface area (Å²) in [4.78, 5) is 32.5. The van der Waals surface area contributed by atoms with E-state index >= 15 is 0 Å². The molecule has 0 aliphatic heterocycles. The summed E-state index contributed by atoms with van der Waals surface area (Å²) >= 11 is 8.16. The second-order valence-electron chi connectivity index (χ2n) is 8.24. The van der Waals surface area contributed by atoms with Gasteiger partial charge in [-0.3, -0.25) is 19.9 Å². The Morgan fingerprint density at radius 3 is 2.72 bits per heavy atom. The van der Waals surface area contributed by atoms with Gasteiger partial charge in [-0.15, -0.1) is 11.3 Å². The van der Waals surface area contributed by atoms with Crippen LogP contribution < -0.4 is 11.1 Å². The van der Waals surface area contributed by atoms with Crippen LogP contribution in [0.3, 0.4) is 0 Å². The van der Waals surface area contributed by atoms with E-state index in [0.717, 1.165) is 9.86 Å². The van der Waals surface area contributed by atoms with Crippen LogP contribution in [0.15, 0.2) is 95.5 Å². The topological polar surface area (TPSA) is 128 Å². The highest BCUT2D eigenvalue weighted by Gasteiger charge is 2.16. The SMILES string of the molecule is O=c1oc2c(Br)cc(Br)cc2cc1-c1csc(N/N=C/c2c(-c3ccc([N+](=O)[O-])cc3)nc3ccccn23)n1. The highest BCUT2D eigenvalue weighted by atomic mass is 79.9. The van der Waals surface area contributed by atoms with E-state index in [0.29, 0.717) is 49.0 Å². The lowest BCUT2D eigenvalue weighted by Crippen LogP contribution is -2.03. The number of pyridine rings is 1. The third-order valence-corrected chi connectivity index (χ3v) is 7.59. The van der Waals surface area contributed by atoms with E-state index < -0.39 is 10.5 Å². The molecule has 0 aliphatic rings. The molecule has 1 N–H and O–H groups in total.